The van der Waals surface area contributed by atoms with Gasteiger partial charge in [0.15, 0.2) is 0 Å². The van der Waals surface area contributed by atoms with Crippen LogP contribution in [0, 0.1) is 23.2 Å². The number of hydrogen-bond donors (Lipinski definition) is 0. The Morgan fingerprint density at radius 1 is 0.846 bits per heavy atom. The summed E-state index contributed by atoms with van der Waals surface area (Å²) < 4.78 is 6.10. The third-order valence-corrected chi connectivity index (χ3v) is 5.74. The van der Waals surface area contributed by atoms with Gasteiger partial charge in [-0.2, -0.15) is 0 Å². The second-order valence-corrected chi connectivity index (χ2v) is 9.86. The van der Waals surface area contributed by atoms with Gasteiger partial charge in [-0.15, -0.1) is 0 Å². The number of carbonyl (C=O) groups excluding carboxylic acids is 1. The number of hydrogen-bond acceptors (Lipinski definition) is 2. The van der Waals surface area contributed by atoms with Gasteiger partial charge in [0.1, 0.15) is 6.10 Å². The first-order valence-electron chi connectivity index (χ1n) is 11.3. The lowest BCUT2D eigenvalue weighted by atomic mass is 9.78. The van der Waals surface area contributed by atoms with E-state index >= 15 is 0 Å². The predicted molar refractivity (Wildman–Crippen MR) is 114 cm³/mol. The molecule has 0 aromatic heterocycles. The van der Waals surface area contributed by atoms with Crippen molar-refractivity contribution >= 4 is 5.97 Å². The summed E-state index contributed by atoms with van der Waals surface area (Å²) in [6, 6.07) is 0. The Morgan fingerprint density at radius 3 is 1.73 bits per heavy atom. The largest absolute Gasteiger partial charge is 0.462 e. The number of esters is 1. The Kier molecular flexibility index (Phi) is 13.3. The van der Waals surface area contributed by atoms with Crippen molar-refractivity contribution < 1.29 is 9.53 Å². The molecule has 0 radical (unpaired) electrons. The Labute approximate surface area is 164 Å². The fourth-order valence-corrected chi connectivity index (χ4v) is 3.41. The number of carbonyl (C=O) groups is 1. The van der Waals surface area contributed by atoms with Gasteiger partial charge in [-0.1, -0.05) is 81.1 Å². The minimum atomic E-state index is 0.0362. The van der Waals surface area contributed by atoms with Crippen LogP contribution >= 0.6 is 0 Å². The highest BCUT2D eigenvalue weighted by Crippen LogP contribution is 2.32. The zero-order valence-electron chi connectivity index (χ0n) is 19.2. The van der Waals surface area contributed by atoms with E-state index < -0.39 is 0 Å². The van der Waals surface area contributed by atoms with E-state index in [1.807, 2.05) is 0 Å². The fraction of sp³-hybridized carbons (Fsp3) is 0.958. The van der Waals surface area contributed by atoms with Crippen molar-refractivity contribution in [2.75, 3.05) is 0 Å². The van der Waals surface area contributed by atoms with Crippen molar-refractivity contribution in [3.8, 4) is 0 Å². The third kappa shape index (κ3) is 12.0. The summed E-state index contributed by atoms with van der Waals surface area (Å²) in [5, 5.41) is 0. The summed E-state index contributed by atoms with van der Waals surface area (Å²) in [5.41, 5.74) is 0.261. The Morgan fingerprint density at radius 2 is 1.35 bits per heavy atom. The standard InChI is InChI=1S/C24H48O2/c1-9-11-13-15-21(16-14-12-10-2)26-23(25)22(20(5)19(3)4)17-18-24(6,7)8/h19-22H,9-18H2,1-8H3. The Bertz CT molecular complexity index is 344. The second kappa shape index (κ2) is 13.6. The highest BCUT2D eigenvalue weighted by Gasteiger charge is 2.31. The minimum Gasteiger partial charge on any atom is -0.462 e. The summed E-state index contributed by atoms with van der Waals surface area (Å²) >= 11 is 0. The zero-order valence-corrected chi connectivity index (χ0v) is 19.2. The first kappa shape index (κ1) is 25.5. The molecule has 2 atom stereocenters. The molecule has 0 saturated heterocycles. The monoisotopic (exact) mass is 368 g/mol. The van der Waals surface area contributed by atoms with Crippen LogP contribution in [-0.4, -0.2) is 12.1 Å². The molecule has 2 nitrogen and oxygen atoms in total. The minimum absolute atomic E-state index is 0.0362. The number of rotatable bonds is 14. The van der Waals surface area contributed by atoms with E-state index in [0.29, 0.717) is 11.8 Å². The molecule has 26 heavy (non-hydrogen) atoms. The molecular weight excluding hydrogens is 320 g/mol. The molecule has 156 valence electrons. The van der Waals surface area contributed by atoms with E-state index in [0.717, 1.165) is 25.7 Å². The van der Waals surface area contributed by atoms with Gasteiger partial charge in [0.05, 0.1) is 5.92 Å². The first-order valence-corrected chi connectivity index (χ1v) is 11.3. The van der Waals surface area contributed by atoms with Gasteiger partial charge in [0.2, 0.25) is 0 Å². The van der Waals surface area contributed by atoms with Crippen LogP contribution in [0.15, 0.2) is 0 Å². The number of ether oxygens (including phenoxy) is 1. The normalized spacial score (nSPS) is 14.7. The van der Waals surface area contributed by atoms with Crippen LogP contribution in [0.25, 0.3) is 0 Å². The summed E-state index contributed by atoms with van der Waals surface area (Å²) in [4.78, 5) is 13.1. The molecule has 0 bridgehead atoms. The quantitative estimate of drug-likeness (QED) is 0.231. The summed E-state index contributed by atoms with van der Waals surface area (Å²) in [5.74, 6) is 0.977. The van der Waals surface area contributed by atoms with Crippen LogP contribution in [0.1, 0.15) is 120 Å². The molecule has 0 N–H and O–H groups in total. The van der Waals surface area contributed by atoms with Gasteiger partial charge in [0, 0.05) is 0 Å². The number of unbranched alkanes of at least 4 members (excludes halogenated alkanes) is 4. The van der Waals surface area contributed by atoms with Crippen LogP contribution in [0.5, 0.6) is 0 Å². The van der Waals surface area contributed by atoms with E-state index in [9.17, 15) is 4.79 Å². The molecular formula is C24H48O2. The average molecular weight is 369 g/mol. The van der Waals surface area contributed by atoms with E-state index in [1.165, 1.54) is 38.5 Å². The summed E-state index contributed by atoms with van der Waals surface area (Å²) in [6.07, 6.45) is 11.4. The molecule has 0 spiro atoms. The van der Waals surface area contributed by atoms with Crippen molar-refractivity contribution in [3.05, 3.63) is 0 Å². The molecule has 2 heteroatoms. The molecule has 0 amide bonds. The molecule has 0 heterocycles. The lowest BCUT2D eigenvalue weighted by molar-refractivity contribution is -0.158. The van der Waals surface area contributed by atoms with E-state index in [-0.39, 0.29) is 23.4 Å². The second-order valence-electron chi connectivity index (χ2n) is 9.86. The zero-order chi connectivity index (χ0) is 20.2. The van der Waals surface area contributed by atoms with Gasteiger partial charge in [0.25, 0.3) is 0 Å². The van der Waals surface area contributed by atoms with Crippen LogP contribution in [0.4, 0.5) is 0 Å². The first-order chi connectivity index (χ1) is 12.1. The SMILES string of the molecule is CCCCCC(CCCCC)OC(=O)C(CCC(C)(C)C)C(C)C(C)C. The van der Waals surface area contributed by atoms with Crippen LogP contribution < -0.4 is 0 Å². The van der Waals surface area contributed by atoms with E-state index in [2.05, 4.69) is 55.4 Å². The van der Waals surface area contributed by atoms with Crippen molar-refractivity contribution in [3.63, 3.8) is 0 Å². The average Bonchev–Trinajstić information content (AvgIpc) is 2.53. The lowest BCUT2D eigenvalue weighted by Crippen LogP contribution is -2.31. The van der Waals surface area contributed by atoms with E-state index in [4.69, 9.17) is 4.74 Å². The smallest absolute Gasteiger partial charge is 0.309 e. The maximum atomic E-state index is 13.1. The third-order valence-electron chi connectivity index (χ3n) is 5.74. The summed E-state index contributed by atoms with van der Waals surface area (Å²) in [6.45, 7) is 17.9. The van der Waals surface area contributed by atoms with Gasteiger partial charge in [-0.25, -0.2) is 0 Å². The fourth-order valence-electron chi connectivity index (χ4n) is 3.41. The lowest BCUT2D eigenvalue weighted by Gasteiger charge is -2.30. The molecule has 0 aromatic rings. The Balaban J connectivity index is 4.92. The van der Waals surface area contributed by atoms with Crippen LogP contribution in [0.2, 0.25) is 0 Å². The van der Waals surface area contributed by atoms with Crippen molar-refractivity contribution in [2.45, 2.75) is 126 Å². The van der Waals surface area contributed by atoms with Crippen molar-refractivity contribution in [1.29, 1.82) is 0 Å². The highest BCUT2D eigenvalue weighted by molar-refractivity contribution is 5.73. The molecule has 0 aliphatic rings. The Hall–Kier alpha value is -0.530. The molecule has 0 aliphatic heterocycles. The van der Waals surface area contributed by atoms with Gasteiger partial charge in [-0.3, -0.25) is 4.79 Å². The molecule has 2 unspecified atom stereocenters. The summed E-state index contributed by atoms with van der Waals surface area (Å²) in [7, 11) is 0. The molecule has 0 saturated carbocycles. The van der Waals surface area contributed by atoms with Gasteiger partial charge >= 0.3 is 5.97 Å². The molecule has 0 aliphatic carbocycles. The molecule has 0 fully saturated rings. The van der Waals surface area contributed by atoms with Gasteiger partial charge in [-0.05, 0) is 55.8 Å². The van der Waals surface area contributed by atoms with Crippen molar-refractivity contribution in [1.82, 2.24) is 0 Å². The predicted octanol–water partition coefficient (Wildman–Crippen LogP) is 7.79. The highest BCUT2D eigenvalue weighted by atomic mass is 16.5. The maximum Gasteiger partial charge on any atom is 0.309 e. The topological polar surface area (TPSA) is 26.3 Å². The molecule has 0 rings (SSSR count). The van der Waals surface area contributed by atoms with Crippen LogP contribution in [0.3, 0.4) is 0 Å². The van der Waals surface area contributed by atoms with Crippen molar-refractivity contribution in [2.24, 2.45) is 23.2 Å². The maximum absolute atomic E-state index is 13.1. The van der Waals surface area contributed by atoms with Crippen LogP contribution in [-0.2, 0) is 9.53 Å². The molecule has 0 aromatic carbocycles. The van der Waals surface area contributed by atoms with Gasteiger partial charge < -0.3 is 4.74 Å². The van der Waals surface area contributed by atoms with E-state index in [1.54, 1.807) is 0 Å².